The number of carboxylic acid groups (broad SMARTS) is 1. The zero-order valence-corrected chi connectivity index (χ0v) is 16.9. The molecule has 1 aliphatic rings. The van der Waals surface area contributed by atoms with Crippen LogP contribution in [-0.4, -0.2) is 52.2 Å². The van der Waals surface area contributed by atoms with Crippen molar-refractivity contribution in [3.63, 3.8) is 0 Å². The van der Waals surface area contributed by atoms with Crippen LogP contribution < -0.4 is 5.32 Å². The minimum atomic E-state index is -1.11. The van der Waals surface area contributed by atoms with Crippen LogP contribution in [0.4, 0.5) is 5.69 Å². The number of aromatic hydroxyl groups is 1. The summed E-state index contributed by atoms with van der Waals surface area (Å²) in [5, 5.41) is 21.8. The number of benzene rings is 1. The molecule has 0 unspecified atom stereocenters. The Bertz CT molecular complexity index is 876. The van der Waals surface area contributed by atoms with Crippen LogP contribution in [0.5, 0.6) is 5.75 Å². The smallest absolute Gasteiger partial charge is 0.342 e. The summed E-state index contributed by atoms with van der Waals surface area (Å²) in [5.74, 6) is -5.06. The van der Waals surface area contributed by atoms with Crippen LogP contribution in [0.25, 0.3) is 0 Å². The Balaban J connectivity index is 2.39. The quantitative estimate of drug-likeness (QED) is 0.493. The van der Waals surface area contributed by atoms with Gasteiger partial charge in [-0.25, -0.2) is 4.79 Å². The van der Waals surface area contributed by atoms with Crippen molar-refractivity contribution in [2.45, 2.75) is 52.1 Å². The molecule has 2 rings (SSSR count). The number of nitrogens with one attached hydrogen (secondary N) is 1. The van der Waals surface area contributed by atoms with E-state index in [0.717, 1.165) is 0 Å². The number of hydrogen-bond donors (Lipinski definition) is 3. The van der Waals surface area contributed by atoms with E-state index in [1.54, 1.807) is 13.8 Å². The van der Waals surface area contributed by atoms with Crippen molar-refractivity contribution in [1.29, 1.82) is 0 Å². The van der Waals surface area contributed by atoms with Gasteiger partial charge in [-0.05, 0) is 43.7 Å². The molecule has 0 fully saturated rings. The molecule has 2 atom stereocenters. The fourth-order valence-corrected chi connectivity index (χ4v) is 3.16. The summed E-state index contributed by atoms with van der Waals surface area (Å²) in [7, 11) is 0. The summed E-state index contributed by atoms with van der Waals surface area (Å²) in [4.78, 5) is 59.5. The second-order valence-corrected chi connectivity index (χ2v) is 7.43. The monoisotopic (exact) mass is 419 g/mol. The Morgan fingerprint density at radius 1 is 1.10 bits per heavy atom. The van der Waals surface area contributed by atoms with Crippen LogP contribution in [-0.2, 0) is 30.3 Å². The van der Waals surface area contributed by atoms with Gasteiger partial charge >= 0.3 is 11.9 Å². The lowest BCUT2D eigenvalue weighted by molar-refractivity contribution is -0.144. The molecule has 9 nitrogen and oxygen atoms in total. The van der Waals surface area contributed by atoms with Crippen molar-refractivity contribution in [2.24, 2.45) is 5.92 Å². The predicted octanol–water partition coefficient (Wildman–Crippen LogP) is 1.89. The number of esters is 1. The molecule has 1 aromatic carbocycles. The van der Waals surface area contributed by atoms with Crippen molar-refractivity contribution in [2.75, 3.05) is 11.9 Å². The van der Waals surface area contributed by atoms with Gasteiger partial charge in [-0.15, -0.1) is 0 Å². The first-order valence-corrected chi connectivity index (χ1v) is 9.73. The molecule has 0 saturated heterocycles. The summed E-state index contributed by atoms with van der Waals surface area (Å²) >= 11 is 0. The van der Waals surface area contributed by atoms with Crippen molar-refractivity contribution < 1.29 is 38.9 Å². The van der Waals surface area contributed by atoms with E-state index < -0.39 is 41.9 Å². The largest absolute Gasteiger partial charge is 0.507 e. The molecule has 0 aliphatic carbocycles. The molecule has 1 heterocycles. The average Bonchev–Trinajstić information content (AvgIpc) is 2.68. The Morgan fingerprint density at radius 3 is 2.43 bits per heavy atom. The highest BCUT2D eigenvalue weighted by atomic mass is 16.5. The Labute approximate surface area is 173 Å². The number of anilines is 1. The van der Waals surface area contributed by atoms with Crippen LogP contribution >= 0.6 is 0 Å². The van der Waals surface area contributed by atoms with E-state index in [0.29, 0.717) is 5.56 Å². The molecule has 0 aromatic heterocycles. The third-order valence-corrected chi connectivity index (χ3v) is 5.12. The van der Waals surface area contributed by atoms with E-state index >= 15 is 0 Å². The number of carbonyl (C=O) groups is 5. The van der Waals surface area contributed by atoms with Crippen LogP contribution in [0.15, 0.2) is 12.1 Å². The van der Waals surface area contributed by atoms with Gasteiger partial charge in [0.25, 0.3) is 5.78 Å². The number of cyclic esters (lactones) is 1. The molecule has 0 amide bonds. The standard InChI is InChI=1S/C21H25NO8/c1-11-6-7-16(24)20(28)15(23)5-3-4-13-8-14(22-10-18(26)27)9-17(25)19(13)21(29)30-12(11)2/h8-9,11-12,22,25H,3-7,10H2,1-2H3,(H,26,27)/t11-,12+/m1/s1. The number of rotatable bonds is 3. The van der Waals surface area contributed by atoms with Gasteiger partial charge in [-0.2, -0.15) is 0 Å². The maximum Gasteiger partial charge on any atom is 0.342 e. The molecule has 162 valence electrons. The third kappa shape index (κ3) is 5.88. The van der Waals surface area contributed by atoms with Crippen LogP contribution in [0, 0.1) is 5.92 Å². The fourth-order valence-electron chi connectivity index (χ4n) is 3.16. The van der Waals surface area contributed by atoms with E-state index in [1.807, 2.05) is 0 Å². The minimum Gasteiger partial charge on any atom is -0.507 e. The third-order valence-electron chi connectivity index (χ3n) is 5.12. The fraction of sp³-hybridized carbons (Fsp3) is 0.476. The van der Waals surface area contributed by atoms with Gasteiger partial charge in [-0.1, -0.05) is 6.92 Å². The Hall–Kier alpha value is -3.23. The van der Waals surface area contributed by atoms with Crippen LogP contribution in [0.3, 0.4) is 0 Å². The molecule has 0 saturated carbocycles. The molecular formula is C21H25NO8. The summed E-state index contributed by atoms with van der Waals surface area (Å²) < 4.78 is 5.46. The number of aryl methyl sites for hydroxylation is 1. The van der Waals surface area contributed by atoms with Gasteiger partial charge in [0.2, 0.25) is 11.6 Å². The topological polar surface area (TPSA) is 147 Å². The molecule has 1 aliphatic heterocycles. The lowest BCUT2D eigenvalue weighted by Gasteiger charge is -2.22. The first-order valence-electron chi connectivity index (χ1n) is 9.73. The minimum absolute atomic E-state index is 0.0677. The van der Waals surface area contributed by atoms with Gasteiger partial charge in [-0.3, -0.25) is 19.2 Å². The number of aliphatic carboxylic acids is 1. The second kappa shape index (κ2) is 10.00. The van der Waals surface area contributed by atoms with Crippen molar-refractivity contribution in [1.82, 2.24) is 0 Å². The molecule has 9 heteroatoms. The first-order chi connectivity index (χ1) is 14.1. The second-order valence-electron chi connectivity index (χ2n) is 7.43. The van der Waals surface area contributed by atoms with Gasteiger partial charge < -0.3 is 20.3 Å². The lowest BCUT2D eigenvalue weighted by atomic mass is 9.94. The number of Topliss-reactive ketones (excluding diaryl/α,β-unsaturated/α-hetero) is 3. The predicted molar refractivity (Wildman–Crippen MR) is 105 cm³/mol. The summed E-state index contributed by atoms with van der Waals surface area (Å²) in [6.45, 7) is 3.00. The van der Waals surface area contributed by atoms with Gasteiger partial charge in [0.1, 0.15) is 24.0 Å². The van der Waals surface area contributed by atoms with Crippen molar-refractivity contribution >= 4 is 35.0 Å². The molecular weight excluding hydrogens is 394 g/mol. The summed E-state index contributed by atoms with van der Waals surface area (Å²) in [6.07, 6.45) is -0.324. The number of phenolic OH excluding ortho intramolecular Hbond substituents is 1. The molecule has 0 spiro atoms. The number of fused-ring (bicyclic) bond motifs is 1. The number of ether oxygens (including phenoxy) is 1. The van der Waals surface area contributed by atoms with Crippen molar-refractivity contribution in [3.05, 3.63) is 23.3 Å². The molecule has 0 radical (unpaired) electrons. The highest BCUT2D eigenvalue weighted by Crippen LogP contribution is 2.30. The highest BCUT2D eigenvalue weighted by molar-refractivity contribution is 6.63. The number of phenols is 1. The average molecular weight is 419 g/mol. The van der Waals surface area contributed by atoms with E-state index in [9.17, 15) is 29.1 Å². The SMILES string of the molecule is C[C@@H]1CCC(=O)C(=O)C(=O)CCCc2cc(NCC(=O)O)cc(O)c2C(=O)O[C@H]1C. The summed E-state index contributed by atoms with van der Waals surface area (Å²) in [5.41, 5.74) is 0.555. The number of carbonyl (C=O) groups excluding carboxylic acids is 4. The molecule has 3 N–H and O–H groups in total. The molecule has 0 bridgehead atoms. The van der Waals surface area contributed by atoms with Gasteiger partial charge in [0, 0.05) is 24.6 Å². The maximum atomic E-state index is 12.7. The normalized spacial score (nSPS) is 21.4. The zero-order valence-electron chi connectivity index (χ0n) is 16.9. The lowest BCUT2D eigenvalue weighted by Crippen LogP contribution is -2.27. The highest BCUT2D eigenvalue weighted by Gasteiger charge is 2.27. The zero-order chi connectivity index (χ0) is 22.4. The number of carboxylic acids is 1. The van der Waals surface area contributed by atoms with Gasteiger partial charge in [0.15, 0.2) is 0 Å². The molecule has 1 aromatic rings. The number of hydrogen-bond acceptors (Lipinski definition) is 8. The number of ketones is 3. The Morgan fingerprint density at radius 2 is 1.77 bits per heavy atom. The van der Waals surface area contributed by atoms with E-state index in [4.69, 9.17) is 9.84 Å². The van der Waals surface area contributed by atoms with Crippen LogP contribution in [0.2, 0.25) is 0 Å². The maximum absolute atomic E-state index is 12.7. The van der Waals surface area contributed by atoms with E-state index in [-0.39, 0.29) is 55.0 Å². The van der Waals surface area contributed by atoms with Crippen LogP contribution in [0.1, 0.15) is 55.5 Å². The summed E-state index contributed by atoms with van der Waals surface area (Å²) in [6, 6.07) is 2.73. The first kappa shape index (κ1) is 23.1. The van der Waals surface area contributed by atoms with E-state index in [2.05, 4.69) is 5.32 Å². The molecule has 30 heavy (non-hydrogen) atoms. The van der Waals surface area contributed by atoms with E-state index in [1.165, 1.54) is 12.1 Å². The van der Waals surface area contributed by atoms with Gasteiger partial charge in [0.05, 0.1) is 0 Å². The van der Waals surface area contributed by atoms with Crippen molar-refractivity contribution in [3.8, 4) is 5.75 Å². The Kier molecular flexibility index (Phi) is 7.68.